The molecule has 0 spiro atoms. The molecule has 0 radical (unpaired) electrons. The Balaban J connectivity index is 1.54. The second-order valence-corrected chi connectivity index (χ2v) is 7.73. The Bertz CT molecular complexity index is 526. The quantitative estimate of drug-likeness (QED) is 0.824. The van der Waals surface area contributed by atoms with Crippen molar-refractivity contribution in [3.8, 4) is 11.5 Å². The van der Waals surface area contributed by atoms with Gasteiger partial charge in [-0.1, -0.05) is 13.3 Å². The van der Waals surface area contributed by atoms with Crippen LogP contribution >= 0.6 is 0 Å². The van der Waals surface area contributed by atoms with Crippen molar-refractivity contribution < 1.29 is 19.3 Å². The molecule has 2 aliphatic rings. The second-order valence-electron chi connectivity index (χ2n) is 7.73. The van der Waals surface area contributed by atoms with Gasteiger partial charge in [0.15, 0.2) is 0 Å². The van der Waals surface area contributed by atoms with Gasteiger partial charge in [-0.3, -0.25) is 0 Å². The molecule has 2 fully saturated rings. The molecule has 1 saturated carbocycles. The van der Waals surface area contributed by atoms with Crippen molar-refractivity contribution >= 4 is 0 Å². The fourth-order valence-electron chi connectivity index (χ4n) is 4.58. The minimum Gasteiger partial charge on any atom is -0.497 e. The first kappa shape index (κ1) is 17.6. The molecule has 24 heavy (non-hydrogen) atoms. The van der Waals surface area contributed by atoms with Crippen LogP contribution in [0, 0.1) is 5.92 Å². The van der Waals surface area contributed by atoms with Gasteiger partial charge in [0.05, 0.1) is 20.3 Å². The van der Waals surface area contributed by atoms with Crippen molar-refractivity contribution in [3.63, 3.8) is 0 Å². The lowest BCUT2D eigenvalue weighted by Crippen LogP contribution is -3.29. The summed E-state index contributed by atoms with van der Waals surface area (Å²) in [6, 6.07) is 7.13. The highest BCUT2D eigenvalue weighted by molar-refractivity contribution is 5.40. The molecule has 1 aromatic rings. The number of nitrogens with one attached hydrogen (secondary N) is 2. The van der Waals surface area contributed by atoms with Crippen LogP contribution in [-0.2, 0) is 6.54 Å². The number of hydrogen-bond acceptors (Lipinski definition) is 2. The summed E-state index contributed by atoms with van der Waals surface area (Å²) in [5, 5.41) is 0. The number of piperazine rings is 1. The highest BCUT2D eigenvalue weighted by Crippen LogP contribution is 2.24. The van der Waals surface area contributed by atoms with Gasteiger partial charge in [0, 0.05) is 18.1 Å². The van der Waals surface area contributed by atoms with E-state index in [1.54, 1.807) is 19.1 Å². The van der Waals surface area contributed by atoms with Gasteiger partial charge in [-0.25, -0.2) is 0 Å². The van der Waals surface area contributed by atoms with E-state index in [1.807, 2.05) is 17.0 Å². The smallest absolute Gasteiger partial charge is 0.131 e. The highest BCUT2D eigenvalue weighted by atomic mass is 16.5. The number of quaternary nitrogens is 2. The maximum absolute atomic E-state index is 5.56. The Kier molecular flexibility index (Phi) is 6.01. The van der Waals surface area contributed by atoms with Gasteiger partial charge >= 0.3 is 0 Å². The molecule has 2 atom stereocenters. The van der Waals surface area contributed by atoms with E-state index in [0.717, 1.165) is 30.0 Å². The molecule has 1 aliphatic carbocycles. The maximum Gasteiger partial charge on any atom is 0.131 e. The van der Waals surface area contributed by atoms with Crippen LogP contribution in [0.2, 0.25) is 0 Å². The average Bonchev–Trinajstić information content (AvgIpc) is 2.62. The van der Waals surface area contributed by atoms with Crippen molar-refractivity contribution in [1.82, 2.24) is 0 Å². The molecule has 1 aromatic carbocycles. The molecular formula is C20H34N2O2+2. The Morgan fingerprint density at radius 1 is 1.04 bits per heavy atom. The summed E-state index contributed by atoms with van der Waals surface area (Å²) in [6.45, 7) is 8.69. The van der Waals surface area contributed by atoms with Gasteiger partial charge < -0.3 is 19.3 Å². The van der Waals surface area contributed by atoms with Crippen LogP contribution in [0.3, 0.4) is 0 Å². The summed E-state index contributed by atoms with van der Waals surface area (Å²) >= 11 is 0. The lowest BCUT2D eigenvalue weighted by atomic mass is 9.86. The molecule has 134 valence electrons. The predicted octanol–water partition coefficient (Wildman–Crippen LogP) is 0.566. The van der Waals surface area contributed by atoms with Gasteiger partial charge in [-0.15, -0.1) is 0 Å². The SMILES string of the molecule is COc1ccc(C[NH+]2CC[NH+]([C@@H]3CCC[C@H](C)C3)CC2)c(OC)c1. The molecule has 1 aliphatic heterocycles. The first-order valence-corrected chi connectivity index (χ1v) is 9.58. The standard InChI is InChI=1S/C20H32N2O2/c1-16-5-4-6-18(13-16)22-11-9-21(10-12-22)15-17-7-8-19(23-2)14-20(17)24-3/h7-8,14,16,18H,4-6,9-13,15H2,1-3H3/p+2/t16-,18+/m0/s1. The molecule has 0 amide bonds. The van der Waals surface area contributed by atoms with E-state index in [1.165, 1.54) is 57.4 Å². The van der Waals surface area contributed by atoms with Crippen molar-refractivity contribution in [3.05, 3.63) is 23.8 Å². The molecule has 1 heterocycles. The van der Waals surface area contributed by atoms with Crippen LogP contribution in [-0.4, -0.2) is 46.4 Å². The first-order valence-electron chi connectivity index (χ1n) is 9.58. The highest BCUT2D eigenvalue weighted by Gasteiger charge is 2.32. The van der Waals surface area contributed by atoms with Crippen molar-refractivity contribution in [2.75, 3.05) is 40.4 Å². The normalized spacial score (nSPS) is 30.8. The molecule has 2 N–H and O–H groups in total. The minimum absolute atomic E-state index is 0.867. The topological polar surface area (TPSA) is 27.3 Å². The molecule has 4 nitrogen and oxygen atoms in total. The molecule has 3 rings (SSSR count). The predicted molar refractivity (Wildman–Crippen MR) is 96.1 cm³/mol. The molecule has 0 unspecified atom stereocenters. The number of benzene rings is 1. The summed E-state index contributed by atoms with van der Waals surface area (Å²) in [7, 11) is 3.45. The van der Waals surface area contributed by atoms with E-state index in [0.29, 0.717) is 0 Å². The van der Waals surface area contributed by atoms with Crippen LogP contribution in [0.15, 0.2) is 18.2 Å². The van der Waals surface area contributed by atoms with Crippen LogP contribution in [0.5, 0.6) is 11.5 Å². The van der Waals surface area contributed by atoms with Gasteiger partial charge in [-0.05, 0) is 30.9 Å². The fraction of sp³-hybridized carbons (Fsp3) is 0.700. The Morgan fingerprint density at radius 2 is 1.83 bits per heavy atom. The molecule has 0 aromatic heterocycles. The average molecular weight is 335 g/mol. The Morgan fingerprint density at radius 3 is 2.50 bits per heavy atom. The van der Waals surface area contributed by atoms with Crippen LogP contribution in [0.25, 0.3) is 0 Å². The van der Waals surface area contributed by atoms with E-state index in [4.69, 9.17) is 9.47 Å². The first-order chi connectivity index (χ1) is 11.7. The van der Waals surface area contributed by atoms with E-state index >= 15 is 0 Å². The van der Waals surface area contributed by atoms with Crippen LogP contribution in [0.1, 0.15) is 38.2 Å². The van der Waals surface area contributed by atoms with Crippen molar-refractivity contribution in [2.24, 2.45) is 5.92 Å². The Labute approximate surface area is 146 Å². The number of ether oxygens (including phenoxy) is 2. The summed E-state index contributed by atoms with van der Waals surface area (Å²) in [4.78, 5) is 3.55. The third kappa shape index (κ3) is 4.22. The zero-order chi connectivity index (χ0) is 16.9. The molecule has 0 bridgehead atoms. The number of hydrogen-bond donors (Lipinski definition) is 2. The lowest BCUT2D eigenvalue weighted by molar-refractivity contribution is -1.03. The largest absolute Gasteiger partial charge is 0.497 e. The zero-order valence-electron chi connectivity index (χ0n) is 15.6. The van der Waals surface area contributed by atoms with E-state index < -0.39 is 0 Å². The van der Waals surface area contributed by atoms with Crippen LogP contribution < -0.4 is 19.3 Å². The monoisotopic (exact) mass is 334 g/mol. The number of methoxy groups -OCH3 is 2. The summed E-state index contributed by atoms with van der Waals surface area (Å²) < 4.78 is 10.9. The van der Waals surface area contributed by atoms with Crippen LogP contribution in [0.4, 0.5) is 0 Å². The fourth-order valence-corrected chi connectivity index (χ4v) is 4.58. The molecule has 4 heteroatoms. The lowest BCUT2D eigenvalue weighted by Gasteiger charge is -2.37. The maximum atomic E-state index is 5.56. The summed E-state index contributed by atoms with van der Waals surface area (Å²) in [5.74, 6) is 2.76. The third-order valence-corrected chi connectivity index (χ3v) is 6.05. The molecular weight excluding hydrogens is 300 g/mol. The van der Waals surface area contributed by atoms with Gasteiger partial charge in [0.2, 0.25) is 0 Å². The summed E-state index contributed by atoms with van der Waals surface area (Å²) in [5.41, 5.74) is 1.29. The van der Waals surface area contributed by atoms with E-state index in [-0.39, 0.29) is 0 Å². The third-order valence-electron chi connectivity index (χ3n) is 6.05. The minimum atomic E-state index is 0.867. The van der Waals surface area contributed by atoms with E-state index in [9.17, 15) is 0 Å². The van der Waals surface area contributed by atoms with E-state index in [2.05, 4.69) is 13.0 Å². The summed E-state index contributed by atoms with van der Waals surface area (Å²) in [6.07, 6.45) is 5.77. The van der Waals surface area contributed by atoms with Gasteiger partial charge in [-0.2, -0.15) is 0 Å². The molecule has 1 saturated heterocycles. The second kappa shape index (κ2) is 8.21. The van der Waals surface area contributed by atoms with Gasteiger partial charge in [0.25, 0.3) is 0 Å². The Hall–Kier alpha value is -1.26. The van der Waals surface area contributed by atoms with Crippen molar-refractivity contribution in [2.45, 2.75) is 45.2 Å². The van der Waals surface area contributed by atoms with Gasteiger partial charge in [0.1, 0.15) is 44.2 Å². The van der Waals surface area contributed by atoms with Crippen molar-refractivity contribution in [1.29, 1.82) is 0 Å². The number of rotatable bonds is 5. The zero-order valence-corrected chi connectivity index (χ0v) is 15.6.